The number of hydrogen-bond acceptors (Lipinski definition) is 3. The molecule has 0 unspecified atom stereocenters. The predicted octanol–water partition coefficient (Wildman–Crippen LogP) is 4.92. The van der Waals surface area contributed by atoms with Gasteiger partial charge in [0.25, 0.3) is 5.91 Å². The van der Waals surface area contributed by atoms with Gasteiger partial charge < -0.3 is 10.1 Å². The molecular formula is C16H11Cl3N2O2. The van der Waals surface area contributed by atoms with Crippen LogP contribution in [0.1, 0.15) is 12.5 Å². The Kier molecular flexibility index (Phi) is 5.73. The summed E-state index contributed by atoms with van der Waals surface area (Å²) in [6.45, 7) is 1.59. The maximum Gasteiger partial charge on any atom is 0.265 e. The number of halogens is 3. The summed E-state index contributed by atoms with van der Waals surface area (Å²) < 4.78 is 5.52. The Morgan fingerprint density at radius 2 is 1.74 bits per heavy atom. The number of rotatable bonds is 4. The molecule has 2 aromatic carbocycles. The number of hydrogen-bond donors (Lipinski definition) is 1. The Morgan fingerprint density at radius 1 is 1.17 bits per heavy atom. The van der Waals surface area contributed by atoms with Gasteiger partial charge in [0.05, 0.1) is 27.4 Å². The van der Waals surface area contributed by atoms with Crippen molar-refractivity contribution in [1.29, 1.82) is 5.26 Å². The van der Waals surface area contributed by atoms with Crippen molar-refractivity contribution in [3.8, 4) is 11.8 Å². The monoisotopic (exact) mass is 368 g/mol. The number of carbonyl (C=O) groups is 1. The fraction of sp³-hybridized carbons (Fsp3) is 0.125. The van der Waals surface area contributed by atoms with Gasteiger partial charge in [-0.25, -0.2) is 0 Å². The average Bonchev–Trinajstić information content (AvgIpc) is 2.51. The van der Waals surface area contributed by atoms with E-state index in [0.29, 0.717) is 16.3 Å². The number of amides is 1. The molecule has 0 radical (unpaired) electrons. The standard InChI is InChI=1S/C16H11Cl3N2O2/c1-9(23-12-4-2-10(8-20)3-5-12)16(22)21-15-13(18)6-11(17)7-14(15)19/h2-7,9H,1H3,(H,21,22)/t9-/m0/s1. The van der Waals surface area contributed by atoms with Crippen LogP contribution in [0.2, 0.25) is 15.1 Å². The van der Waals surface area contributed by atoms with Crippen molar-refractivity contribution in [2.45, 2.75) is 13.0 Å². The van der Waals surface area contributed by atoms with Crippen molar-refractivity contribution in [3.05, 3.63) is 57.0 Å². The summed E-state index contributed by atoms with van der Waals surface area (Å²) in [5.74, 6) is 0.0560. The van der Waals surface area contributed by atoms with Crippen LogP contribution in [-0.4, -0.2) is 12.0 Å². The zero-order valence-corrected chi connectivity index (χ0v) is 14.2. The number of nitriles is 1. The Morgan fingerprint density at radius 3 is 2.26 bits per heavy atom. The minimum absolute atomic E-state index is 0.237. The minimum Gasteiger partial charge on any atom is -0.481 e. The molecule has 23 heavy (non-hydrogen) atoms. The van der Waals surface area contributed by atoms with Crippen LogP contribution in [0, 0.1) is 11.3 Å². The SMILES string of the molecule is C[C@H](Oc1ccc(C#N)cc1)C(=O)Nc1c(Cl)cc(Cl)cc1Cl. The van der Waals surface area contributed by atoms with E-state index in [1.807, 2.05) is 6.07 Å². The molecule has 1 N–H and O–H groups in total. The molecule has 1 atom stereocenters. The highest BCUT2D eigenvalue weighted by molar-refractivity contribution is 6.42. The number of anilines is 1. The first-order chi connectivity index (χ1) is 10.9. The lowest BCUT2D eigenvalue weighted by atomic mass is 10.2. The molecule has 2 rings (SSSR count). The van der Waals surface area contributed by atoms with E-state index in [4.69, 9.17) is 44.8 Å². The second-order valence-corrected chi connectivity index (χ2v) is 5.88. The third-order valence-corrected chi connectivity index (χ3v) is 3.73. The summed E-state index contributed by atoms with van der Waals surface area (Å²) in [5, 5.41) is 12.2. The molecule has 0 fully saturated rings. The summed E-state index contributed by atoms with van der Waals surface area (Å²) in [6, 6.07) is 11.4. The summed E-state index contributed by atoms with van der Waals surface area (Å²) >= 11 is 17.9. The summed E-state index contributed by atoms with van der Waals surface area (Å²) in [4.78, 5) is 12.2. The molecule has 0 saturated heterocycles. The van der Waals surface area contributed by atoms with E-state index in [9.17, 15) is 4.79 Å². The van der Waals surface area contributed by atoms with Crippen LogP contribution in [-0.2, 0) is 4.79 Å². The highest BCUT2D eigenvalue weighted by atomic mass is 35.5. The lowest BCUT2D eigenvalue weighted by Crippen LogP contribution is -2.30. The number of carbonyl (C=O) groups excluding carboxylic acids is 1. The maximum atomic E-state index is 12.2. The van der Waals surface area contributed by atoms with E-state index >= 15 is 0 Å². The molecule has 0 spiro atoms. The van der Waals surface area contributed by atoms with Gasteiger partial charge in [0, 0.05) is 5.02 Å². The minimum atomic E-state index is -0.786. The maximum absolute atomic E-state index is 12.2. The van der Waals surface area contributed by atoms with Crippen LogP contribution in [0.15, 0.2) is 36.4 Å². The van der Waals surface area contributed by atoms with Crippen LogP contribution < -0.4 is 10.1 Å². The molecule has 4 nitrogen and oxygen atoms in total. The quantitative estimate of drug-likeness (QED) is 0.831. The first-order valence-electron chi connectivity index (χ1n) is 6.53. The van der Waals surface area contributed by atoms with Gasteiger partial charge in [-0.1, -0.05) is 34.8 Å². The van der Waals surface area contributed by atoms with Crippen LogP contribution in [0.4, 0.5) is 5.69 Å². The first-order valence-corrected chi connectivity index (χ1v) is 7.66. The molecule has 1 amide bonds. The Hall–Kier alpha value is -1.93. The van der Waals surface area contributed by atoms with Crippen molar-refractivity contribution >= 4 is 46.4 Å². The lowest BCUT2D eigenvalue weighted by Gasteiger charge is -2.16. The normalized spacial score (nSPS) is 11.4. The van der Waals surface area contributed by atoms with Crippen molar-refractivity contribution in [2.75, 3.05) is 5.32 Å². The molecule has 0 aromatic heterocycles. The van der Waals surface area contributed by atoms with Gasteiger partial charge >= 0.3 is 0 Å². The highest BCUT2D eigenvalue weighted by Crippen LogP contribution is 2.33. The topological polar surface area (TPSA) is 62.1 Å². The number of ether oxygens (including phenoxy) is 1. The molecule has 0 heterocycles. The van der Waals surface area contributed by atoms with E-state index < -0.39 is 12.0 Å². The third kappa shape index (κ3) is 4.52. The smallest absolute Gasteiger partial charge is 0.265 e. The van der Waals surface area contributed by atoms with Gasteiger partial charge in [-0.2, -0.15) is 5.26 Å². The van der Waals surface area contributed by atoms with Crippen molar-refractivity contribution in [1.82, 2.24) is 0 Å². The highest BCUT2D eigenvalue weighted by Gasteiger charge is 2.18. The van der Waals surface area contributed by atoms with Gasteiger partial charge in [0.15, 0.2) is 6.10 Å². The Labute approximate surface area is 148 Å². The number of nitrogens with zero attached hydrogens (tertiary/aromatic N) is 1. The van der Waals surface area contributed by atoms with E-state index in [1.165, 1.54) is 12.1 Å². The van der Waals surface area contributed by atoms with Gasteiger partial charge in [-0.15, -0.1) is 0 Å². The Bertz CT molecular complexity index is 747. The molecule has 2 aromatic rings. The predicted molar refractivity (Wildman–Crippen MR) is 91.3 cm³/mol. The van der Waals surface area contributed by atoms with Crippen molar-refractivity contribution in [2.24, 2.45) is 0 Å². The largest absolute Gasteiger partial charge is 0.481 e. The Balaban J connectivity index is 2.07. The van der Waals surface area contributed by atoms with E-state index in [0.717, 1.165) is 0 Å². The molecule has 0 aliphatic heterocycles. The van der Waals surface area contributed by atoms with Crippen LogP contribution in [0.5, 0.6) is 5.75 Å². The summed E-state index contributed by atoms with van der Waals surface area (Å²) in [5.41, 5.74) is 0.784. The second-order valence-electron chi connectivity index (χ2n) is 4.63. The van der Waals surface area contributed by atoms with Gasteiger partial charge in [0.2, 0.25) is 0 Å². The molecule has 118 valence electrons. The van der Waals surface area contributed by atoms with Gasteiger partial charge in [-0.05, 0) is 43.3 Å². The fourth-order valence-electron chi connectivity index (χ4n) is 1.75. The second kappa shape index (κ2) is 7.56. The number of nitrogens with one attached hydrogen (secondary N) is 1. The molecular weight excluding hydrogens is 359 g/mol. The van der Waals surface area contributed by atoms with Crippen molar-refractivity contribution < 1.29 is 9.53 Å². The van der Waals surface area contributed by atoms with E-state index in [-0.39, 0.29) is 15.7 Å². The zero-order chi connectivity index (χ0) is 17.0. The van der Waals surface area contributed by atoms with Crippen LogP contribution >= 0.6 is 34.8 Å². The van der Waals surface area contributed by atoms with E-state index in [1.54, 1.807) is 31.2 Å². The van der Waals surface area contributed by atoms with Gasteiger partial charge in [0.1, 0.15) is 5.75 Å². The first kappa shape index (κ1) is 17.4. The molecule has 0 aliphatic carbocycles. The summed E-state index contributed by atoms with van der Waals surface area (Å²) in [6.07, 6.45) is -0.786. The molecule has 0 aliphatic rings. The number of benzene rings is 2. The zero-order valence-electron chi connectivity index (χ0n) is 11.9. The molecule has 0 saturated carbocycles. The lowest BCUT2D eigenvalue weighted by molar-refractivity contribution is -0.122. The summed E-state index contributed by atoms with van der Waals surface area (Å²) in [7, 11) is 0. The van der Waals surface area contributed by atoms with Gasteiger partial charge in [-0.3, -0.25) is 4.79 Å². The van der Waals surface area contributed by atoms with Crippen LogP contribution in [0.25, 0.3) is 0 Å². The molecule has 0 bridgehead atoms. The average molecular weight is 370 g/mol. The third-order valence-electron chi connectivity index (χ3n) is 2.92. The fourth-order valence-corrected chi connectivity index (χ4v) is 2.66. The van der Waals surface area contributed by atoms with Crippen molar-refractivity contribution in [3.63, 3.8) is 0 Å². The van der Waals surface area contributed by atoms with E-state index in [2.05, 4.69) is 5.32 Å². The molecule has 7 heteroatoms. The van der Waals surface area contributed by atoms with Crippen LogP contribution in [0.3, 0.4) is 0 Å².